The van der Waals surface area contributed by atoms with Crippen LogP contribution in [-0.2, 0) is 16.0 Å². The van der Waals surface area contributed by atoms with Gasteiger partial charge in [-0.3, -0.25) is 4.79 Å². The molecule has 0 radical (unpaired) electrons. The lowest BCUT2D eigenvalue weighted by atomic mass is 10.1. The highest BCUT2D eigenvalue weighted by molar-refractivity contribution is 5.78. The molecular weight excluding hydrogens is 344 g/mol. The van der Waals surface area contributed by atoms with Crippen molar-refractivity contribution in [2.75, 3.05) is 51.5 Å². The Labute approximate surface area is 160 Å². The molecular formula is C21H26N2O4. The van der Waals surface area contributed by atoms with Crippen LogP contribution in [0.1, 0.15) is 5.56 Å². The molecule has 2 aromatic rings. The number of nitrogens with one attached hydrogen (secondary N) is 1. The smallest absolute Gasteiger partial charge is 0.224 e. The van der Waals surface area contributed by atoms with Crippen LogP contribution in [0.25, 0.3) is 0 Å². The van der Waals surface area contributed by atoms with Gasteiger partial charge in [-0.2, -0.15) is 0 Å². The topological polar surface area (TPSA) is 60.0 Å². The van der Waals surface area contributed by atoms with Crippen molar-refractivity contribution in [3.8, 4) is 11.5 Å². The highest BCUT2D eigenvalue weighted by Gasteiger charge is 2.11. The first-order valence-electron chi connectivity index (χ1n) is 9.20. The van der Waals surface area contributed by atoms with Gasteiger partial charge in [0.2, 0.25) is 5.91 Å². The van der Waals surface area contributed by atoms with Crippen molar-refractivity contribution < 1.29 is 19.0 Å². The molecule has 1 amide bonds. The predicted octanol–water partition coefficient (Wildman–Crippen LogP) is 2.27. The van der Waals surface area contributed by atoms with Gasteiger partial charge in [-0.05, 0) is 42.0 Å². The molecule has 1 aliphatic heterocycles. The Kier molecular flexibility index (Phi) is 6.93. The summed E-state index contributed by atoms with van der Waals surface area (Å²) >= 11 is 0. The van der Waals surface area contributed by atoms with E-state index >= 15 is 0 Å². The van der Waals surface area contributed by atoms with Gasteiger partial charge < -0.3 is 24.4 Å². The number of benzene rings is 2. The first-order chi connectivity index (χ1) is 13.2. The van der Waals surface area contributed by atoms with Crippen molar-refractivity contribution in [3.05, 3.63) is 54.1 Å². The van der Waals surface area contributed by atoms with Crippen LogP contribution in [0.5, 0.6) is 11.5 Å². The third kappa shape index (κ3) is 5.89. The van der Waals surface area contributed by atoms with Crippen LogP contribution in [0, 0.1) is 0 Å². The number of hydrogen-bond donors (Lipinski definition) is 1. The number of anilines is 1. The van der Waals surface area contributed by atoms with Gasteiger partial charge in [0.25, 0.3) is 0 Å². The Morgan fingerprint density at radius 2 is 1.70 bits per heavy atom. The molecule has 0 aromatic heterocycles. The van der Waals surface area contributed by atoms with Gasteiger partial charge in [0, 0.05) is 18.8 Å². The summed E-state index contributed by atoms with van der Waals surface area (Å²) in [7, 11) is 1.63. The van der Waals surface area contributed by atoms with Gasteiger partial charge in [0.1, 0.15) is 18.1 Å². The van der Waals surface area contributed by atoms with Crippen molar-refractivity contribution in [3.63, 3.8) is 0 Å². The quantitative estimate of drug-likeness (QED) is 0.723. The van der Waals surface area contributed by atoms with Crippen LogP contribution >= 0.6 is 0 Å². The van der Waals surface area contributed by atoms with Gasteiger partial charge in [0.15, 0.2) is 0 Å². The summed E-state index contributed by atoms with van der Waals surface area (Å²) in [6.07, 6.45) is 0.367. The number of rotatable bonds is 8. The average molecular weight is 370 g/mol. The number of carbonyl (C=O) groups is 1. The third-order valence-corrected chi connectivity index (χ3v) is 4.43. The molecule has 0 saturated carbocycles. The first-order valence-corrected chi connectivity index (χ1v) is 9.20. The zero-order valence-electron chi connectivity index (χ0n) is 15.6. The minimum absolute atomic E-state index is 0.00699. The fourth-order valence-electron chi connectivity index (χ4n) is 2.93. The number of morpholine rings is 1. The van der Waals surface area contributed by atoms with Crippen molar-refractivity contribution in [2.45, 2.75) is 6.42 Å². The summed E-state index contributed by atoms with van der Waals surface area (Å²) in [5.41, 5.74) is 2.18. The van der Waals surface area contributed by atoms with Crippen molar-refractivity contribution >= 4 is 11.6 Å². The van der Waals surface area contributed by atoms with Crippen LogP contribution < -0.4 is 19.7 Å². The van der Waals surface area contributed by atoms with Gasteiger partial charge in [-0.25, -0.2) is 0 Å². The summed E-state index contributed by atoms with van der Waals surface area (Å²) < 4.78 is 16.1. The molecule has 6 heteroatoms. The number of hydrogen-bond acceptors (Lipinski definition) is 5. The molecule has 27 heavy (non-hydrogen) atoms. The molecule has 6 nitrogen and oxygen atoms in total. The number of methoxy groups -OCH3 is 1. The predicted molar refractivity (Wildman–Crippen MR) is 105 cm³/mol. The van der Waals surface area contributed by atoms with E-state index in [0.29, 0.717) is 19.6 Å². The van der Waals surface area contributed by atoms with E-state index in [2.05, 4.69) is 22.3 Å². The minimum Gasteiger partial charge on any atom is -0.497 e. The zero-order valence-corrected chi connectivity index (χ0v) is 15.6. The number of nitrogens with zero attached hydrogens (tertiary/aromatic N) is 1. The normalized spacial score (nSPS) is 13.9. The minimum atomic E-state index is -0.00699. The Bertz CT molecular complexity index is 710. The van der Waals surface area contributed by atoms with Gasteiger partial charge >= 0.3 is 0 Å². The molecule has 0 spiro atoms. The molecule has 0 atom stereocenters. The Balaban J connectivity index is 1.37. The number of ether oxygens (including phenoxy) is 3. The van der Waals surface area contributed by atoms with Crippen molar-refractivity contribution in [1.29, 1.82) is 0 Å². The average Bonchev–Trinajstić information content (AvgIpc) is 2.73. The van der Waals surface area contributed by atoms with Gasteiger partial charge in [0.05, 0.1) is 33.3 Å². The Hall–Kier alpha value is -2.73. The van der Waals surface area contributed by atoms with E-state index in [1.807, 2.05) is 36.4 Å². The van der Waals surface area contributed by atoms with E-state index in [1.54, 1.807) is 7.11 Å². The maximum Gasteiger partial charge on any atom is 0.224 e. The highest BCUT2D eigenvalue weighted by atomic mass is 16.5. The van der Waals surface area contributed by atoms with Crippen LogP contribution in [0.3, 0.4) is 0 Å². The third-order valence-electron chi connectivity index (χ3n) is 4.43. The van der Waals surface area contributed by atoms with Crippen LogP contribution in [0.2, 0.25) is 0 Å². The fraction of sp³-hybridized carbons (Fsp3) is 0.381. The maximum atomic E-state index is 12.1. The lowest BCUT2D eigenvalue weighted by Crippen LogP contribution is -2.36. The molecule has 1 aliphatic rings. The SMILES string of the molecule is COc1ccc(OCCNC(=O)Cc2ccc(N3CCOCC3)cc2)cc1. The molecule has 1 N–H and O–H groups in total. The van der Waals surface area contributed by atoms with E-state index in [4.69, 9.17) is 14.2 Å². The zero-order chi connectivity index (χ0) is 18.9. The second-order valence-electron chi connectivity index (χ2n) is 6.32. The van der Waals surface area contributed by atoms with E-state index in [9.17, 15) is 4.79 Å². The molecule has 3 rings (SSSR count). The molecule has 144 valence electrons. The summed E-state index contributed by atoms with van der Waals surface area (Å²) in [4.78, 5) is 14.4. The Morgan fingerprint density at radius 1 is 1.04 bits per heavy atom. The van der Waals surface area contributed by atoms with Gasteiger partial charge in [-0.1, -0.05) is 12.1 Å². The molecule has 1 fully saturated rings. The second-order valence-corrected chi connectivity index (χ2v) is 6.32. The largest absolute Gasteiger partial charge is 0.497 e. The van der Waals surface area contributed by atoms with Gasteiger partial charge in [-0.15, -0.1) is 0 Å². The standard InChI is InChI=1S/C21H26N2O4/c1-25-19-6-8-20(9-7-19)27-13-10-22-21(24)16-17-2-4-18(5-3-17)23-11-14-26-15-12-23/h2-9H,10-16H2,1H3,(H,22,24). The van der Waals surface area contributed by atoms with E-state index < -0.39 is 0 Å². The fourth-order valence-corrected chi connectivity index (χ4v) is 2.93. The van der Waals surface area contributed by atoms with Crippen molar-refractivity contribution in [2.24, 2.45) is 0 Å². The highest BCUT2D eigenvalue weighted by Crippen LogP contribution is 2.17. The number of amides is 1. The maximum absolute atomic E-state index is 12.1. The summed E-state index contributed by atoms with van der Waals surface area (Å²) in [6, 6.07) is 15.5. The lowest BCUT2D eigenvalue weighted by Gasteiger charge is -2.28. The molecule has 0 aliphatic carbocycles. The monoisotopic (exact) mass is 370 g/mol. The summed E-state index contributed by atoms with van der Waals surface area (Å²) in [5.74, 6) is 1.53. The summed E-state index contributed by atoms with van der Waals surface area (Å²) in [5, 5.41) is 2.89. The Morgan fingerprint density at radius 3 is 2.37 bits per heavy atom. The van der Waals surface area contributed by atoms with Crippen molar-refractivity contribution in [1.82, 2.24) is 5.32 Å². The molecule has 2 aromatic carbocycles. The van der Waals surface area contributed by atoms with Crippen LogP contribution in [0.4, 0.5) is 5.69 Å². The van der Waals surface area contributed by atoms with Crippen LogP contribution in [-0.4, -0.2) is 52.5 Å². The molecule has 1 heterocycles. The van der Waals surface area contributed by atoms with E-state index in [1.165, 1.54) is 5.69 Å². The molecule has 1 saturated heterocycles. The number of carbonyl (C=O) groups excluding carboxylic acids is 1. The second kappa shape index (κ2) is 9.83. The van der Waals surface area contributed by atoms with E-state index in [0.717, 1.165) is 43.4 Å². The first kappa shape index (κ1) is 19.0. The molecule has 0 unspecified atom stereocenters. The molecule has 0 bridgehead atoms. The van der Waals surface area contributed by atoms with Crippen LogP contribution in [0.15, 0.2) is 48.5 Å². The van der Waals surface area contributed by atoms with E-state index in [-0.39, 0.29) is 5.91 Å². The summed E-state index contributed by atoms with van der Waals surface area (Å²) in [6.45, 7) is 4.25. The lowest BCUT2D eigenvalue weighted by molar-refractivity contribution is -0.120.